The Morgan fingerprint density at radius 1 is 1.67 bits per heavy atom. The first-order valence-electron chi connectivity index (χ1n) is 1.55. The highest BCUT2D eigenvalue weighted by Crippen LogP contribution is 1.62. The Bertz CT molecular complexity index is 118. The lowest BCUT2D eigenvalue weighted by Crippen LogP contribution is -1.95. The predicted molar refractivity (Wildman–Crippen MR) is 23.6 cm³/mol. The van der Waals surface area contributed by atoms with Crippen molar-refractivity contribution >= 4 is 12.1 Å². The Kier molecular flexibility index (Phi) is 0.719. The summed E-state index contributed by atoms with van der Waals surface area (Å²) in [5, 5.41) is 6.94. The van der Waals surface area contributed by atoms with Gasteiger partial charge in [0.05, 0.1) is 6.21 Å². The molecule has 3 heteroatoms. The van der Waals surface area contributed by atoms with Crippen molar-refractivity contribution in [1.29, 1.82) is 0 Å². The maximum atomic E-state index is 3.52. The molecule has 0 bridgehead atoms. The summed E-state index contributed by atoms with van der Waals surface area (Å²) in [7, 11) is 0. The molecule has 1 N–H and O–H groups in total. The molecule has 30 valence electrons. The molecule has 0 aromatic rings. The van der Waals surface area contributed by atoms with Crippen LogP contribution in [0.25, 0.3) is 0 Å². The number of nitrogens with one attached hydrogen (secondary N) is 1. The summed E-state index contributed by atoms with van der Waals surface area (Å²) >= 11 is 0. The van der Waals surface area contributed by atoms with Crippen LogP contribution in [-0.4, -0.2) is 12.1 Å². The molecule has 0 radical (unpaired) electrons. The van der Waals surface area contributed by atoms with Gasteiger partial charge in [0.25, 0.3) is 0 Å². The van der Waals surface area contributed by atoms with Gasteiger partial charge in [-0.3, -0.25) is 0 Å². The summed E-state index contributed by atoms with van der Waals surface area (Å²) < 4.78 is 0. The van der Waals surface area contributed by atoms with Crippen molar-refractivity contribution in [3.8, 4) is 0 Å². The van der Waals surface area contributed by atoms with E-state index in [2.05, 4.69) is 21.6 Å². The van der Waals surface area contributed by atoms with Crippen LogP contribution < -0.4 is 5.53 Å². The van der Waals surface area contributed by atoms with Crippen molar-refractivity contribution in [3.63, 3.8) is 0 Å². The first-order valence-corrected chi connectivity index (χ1v) is 1.55. The smallest absolute Gasteiger partial charge is 0.0582 e. The third-order valence-corrected chi connectivity index (χ3v) is 0.396. The van der Waals surface area contributed by atoms with Gasteiger partial charge in [0, 0.05) is 11.9 Å². The Morgan fingerprint density at radius 2 is 2.67 bits per heavy atom. The first kappa shape index (κ1) is 3.12. The molecule has 1 rings (SSSR count). The van der Waals surface area contributed by atoms with Crippen LogP contribution in [0.4, 0.5) is 0 Å². The number of allylic oxidation sites excluding steroid dienone is 1. The van der Waals surface area contributed by atoms with Gasteiger partial charge in [-0.1, -0.05) is 0 Å². The lowest BCUT2D eigenvalue weighted by atomic mass is 10.7. The van der Waals surface area contributed by atoms with E-state index >= 15 is 0 Å². The van der Waals surface area contributed by atoms with E-state index in [0.29, 0.717) is 0 Å². The number of hydrogen-bond donors (Lipinski definition) is 1. The van der Waals surface area contributed by atoms with Gasteiger partial charge in [-0.05, 0) is 0 Å². The monoisotopic (exact) mass is 81.0 g/mol. The van der Waals surface area contributed by atoms with Gasteiger partial charge in [0.15, 0.2) is 0 Å². The molecule has 0 saturated carbocycles. The van der Waals surface area contributed by atoms with Gasteiger partial charge in [-0.15, -0.1) is 5.10 Å². The van der Waals surface area contributed by atoms with Gasteiger partial charge in [0.2, 0.25) is 0 Å². The zero-order valence-electron chi connectivity index (χ0n) is 3.05. The average molecular weight is 81.1 g/mol. The van der Waals surface area contributed by atoms with E-state index in [4.69, 9.17) is 0 Å². The van der Waals surface area contributed by atoms with Crippen LogP contribution in [0.2, 0.25) is 0 Å². The van der Waals surface area contributed by atoms with Crippen molar-refractivity contribution in [2.24, 2.45) is 10.2 Å². The molecule has 0 aromatic heterocycles. The maximum Gasteiger partial charge on any atom is 0.0582 e. The molecule has 0 aliphatic carbocycles. The summed E-state index contributed by atoms with van der Waals surface area (Å²) in [6.45, 7) is 0. The number of nitrogens with zero attached hydrogens (tertiary/aromatic N) is 2. The summed E-state index contributed by atoms with van der Waals surface area (Å²) in [6.07, 6.45) is 3.20. The SMILES string of the molecule is C1=CC=NNN=1. The van der Waals surface area contributed by atoms with E-state index in [-0.39, 0.29) is 0 Å². The van der Waals surface area contributed by atoms with Crippen LogP contribution in [0.5, 0.6) is 0 Å². The quantitative estimate of drug-likeness (QED) is 0.427. The fourth-order valence-corrected chi connectivity index (χ4v) is 0.199. The second-order valence-electron chi connectivity index (χ2n) is 0.786. The minimum atomic E-state index is 1.58. The van der Waals surface area contributed by atoms with Crippen molar-refractivity contribution in [1.82, 2.24) is 5.53 Å². The molecule has 1 aliphatic heterocycles. The summed E-state index contributed by atoms with van der Waals surface area (Å²) in [6, 6.07) is 0. The highest BCUT2D eigenvalue weighted by atomic mass is 15.5. The molecule has 1 heterocycles. The number of hydrazone groups is 2. The molecule has 3 nitrogen and oxygen atoms in total. The molecule has 0 unspecified atom stereocenters. The zero-order valence-corrected chi connectivity index (χ0v) is 3.05. The van der Waals surface area contributed by atoms with Crippen LogP contribution in [-0.2, 0) is 0 Å². The highest BCUT2D eigenvalue weighted by Gasteiger charge is 1.66. The minimum Gasteiger partial charge on any atom is -0.190 e. The largest absolute Gasteiger partial charge is 0.190 e. The Balaban J connectivity index is 2.78. The Morgan fingerprint density at radius 3 is 2.83 bits per heavy atom. The average Bonchev–Trinajstić information content (AvgIpc) is 1.72. The molecule has 6 heavy (non-hydrogen) atoms. The van der Waals surface area contributed by atoms with Crippen LogP contribution in [0.1, 0.15) is 0 Å². The third kappa shape index (κ3) is 0.445. The number of rotatable bonds is 0. The standard InChI is InChI=1S/C3H3N3/c1-2-4-6-5-3-1/h1-2,6H. The Hall–Kier alpha value is -1.08. The van der Waals surface area contributed by atoms with E-state index in [0.717, 1.165) is 0 Å². The maximum absolute atomic E-state index is 3.52. The van der Waals surface area contributed by atoms with Gasteiger partial charge in [-0.2, -0.15) is 10.6 Å². The molecular weight excluding hydrogens is 78.1 g/mol. The van der Waals surface area contributed by atoms with Crippen LogP contribution in [0.15, 0.2) is 16.3 Å². The van der Waals surface area contributed by atoms with E-state index in [9.17, 15) is 0 Å². The molecule has 0 spiro atoms. The van der Waals surface area contributed by atoms with Crippen LogP contribution in [0.3, 0.4) is 0 Å². The van der Waals surface area contributed by atoms with Crippen molar-refractivity contribution in [2.45, 2.75) is 0 Å². The van der Waals surface area contributed by atoms with E-state index in [1.807, 2.05) is 0 Å². The lowest BCUT2D eigenvalue weighted by molar-refractivity contribution is 0.817. The van der Waals surface area contributed by atoms with Gasteiger partial charge >= 0.3 is 0 Å². The summed E-state index contributed by atoms with van der Waals surface area (Å²) in [4.78, 5) is 0. The van der Waals surface area contributed by atoms with Crippen molar-refractivity contribution in [3.05, 3.63) is 6.08 Å². The van der Waals surface area contributed by atoms with Crippen LogP contribution >= 0.6 is 0 Å². The molecule has 0 amide bonds. The minimum absolute atomic E-state index is 1.58. The van der Waals surface area contributed by atoms with Gasteiger partial charge < -0.3 is 0 Å². The summed E-state index contributed by atoms with van der Waals surface area (Å²) in [5.41, 5.74) is 2.34. The zero-order chi connectivity index (χ0) is 4.24. The number of hydrogen-bond acceptors (Lipinski definition) is 3. The fourth-order valence-electron chi connectivity index (χ4n) is 0.199. The fraction of sp³-hybridized carbons (Fsp3) is 0. The Labute approximate surface area is 35.1 Å². The van der Waals surface area contributed by atoms with Gasteiger partial charge in [-0.25, -0.2) is 0 Å². The topological polar surface area (TPSA) is 36.8 Å². The second-order valence-corrected chi connectivity index (χ2v) is 0.786. The third-order valence-electron chi connectivity index (χ3n) is 0.396. The van der Waals surface area contributed by atoms with Crippen molar-refractivity contribution in [2.75, 3.05) is 0 Å². The molecule has 0 aromatic carbocycles. The van der Waals surface area contributed by atoms with E-state index in [1.54, 1.807) is 12.3 Å². The highest BCUT2D eigenvalue weighted by molar-refractivity contribution is 5.83. The van der Waals surface area contributed by atoms with E-state index < -0.39 is 0 Å². The summed E-state index contributed by atoms with van der Waals surface area (Å²) in [5.74, 6) is 2.52. The van der Waals surface area contributed by atoms with Crippen molar-refractivity contribution < 1.29 is 0 Å². The predicted octanol–water partition coefficient (Wildman–Crippen LogP) is -0.284. The molecule has 0 atom stereocenters. The molecule has 0 fully saturated rings. The lowest BCUT2D eigenvalue weighted by Gasteiger charge is -1.83. The molecule has 0 saturated heterocycles. The van der Waals surface area contributed by atoms with Gasteiger partial charge in [0.1, 0.15) is 0 Å². The van der Waals surface area contributed by atoms with E-state index in [1.165, 1.54) is 0 Å². The molecule has 1 aliphatic rings. The van der Waals surface area contributed by atoms with Crippen LogP contribution in [0, 0.1) is 0 Å². The normalized spacial score (nSPS) is 14.7. The second kappa shape index (κ2) is 1.38. The first-order chi connectivity index (χ1) is 3.00. The molecular formula is C3H3N3.